The summed E-state index contributed by atoms with van der Waals surface area (Å²) in [5.41, 5.74) is 6.82. The molecule has 0 bridgehead atoms. The zero-order chi connectivity index (χ0) is 7.84. The number of fused-ring (bicyclic) bond motifs is 1. The van der Waals surface area contributed by atoms with Gasteiger partial charge in [0.2, 0.25) is 0 Å². The molecule has 11 heavy (non-hydrogen) atoms. The summed E-state index contributed by atoms with van der Waals surface area (Å²) in [4.78, 5) is 4.08. The summed E-state index contributed by atoms with van der Waals surface area (Å²) in [5.74, 6) is 0.676. The molecule has 0 saturated carbocycles. The second kappa shape index (κ2) is 1.91. The zero-order valence-electron chi connectivity index (χ0n) is 6.02. The van der Waals surface area contributed by atoms with E-state index in [1.807, 2.05) is 0 Å². The van der Waals surface area contributed by atoms with Crippen LogP contribution in [0.2, 0.25) is 0 Å². The molecule has 0 aromatic carbocycles. The lowest BCUT2D eigenvalue weighted by molar-refractivity contribution is 0.789. The maximum atomic E-state index is 5.61. The molecule has 56 valence electrons. The number of hydrogen-bond acceptors (Lipinski definition) is 4. The largest absolute Gasteiger partial charge is 0.396 e. The predicted molar refractivity (Wildman–Crippen MR) is 39.9 cm³/mol. The molecule has 0 spiro atoms. The highest BCUT2D eigenvalue weighted by molar-refractivity contribution is 5.62. The molecule has 0 saturated heterocycles. The van der Waals surface area contributed by atoms with E-state index in [2.05, 4.69) is 15.2 Å². The van der Waals surface area contributed by atoms with E-state index in [1.54, 1.807) is 19.2 Å². The van der Waals surface area contributed by atoms with Gasteiger partial charge < -0.3 is 5.73 Å². The number of aromatic nitrogens is 4. The first-order valence-corrected chi connectivity index (χ1v) is 3.21. The lowest BCUT2D eigenvalue weighted by atomic mass is 10.5. The summed E-state index contributed by atoms with van der Waals surface area (Å²) in [6, 6.07) is 1.70. The van der Waals surface area contributed by atoms with Gasteiger partial charge in [0.05, 0.1) is 11.9 Å². The van der Waals surface area contributed by atoms with Gasteiger partial charge in [-0.25, -0.2) is 4.98 Å². The maximum absolute atomic E-state index is 5.61. The van der Waals surface area contributed by atoms with E-state index in [9.17, 15) is 0 Å². The van der Waals surface area contributed by atoms with Crippen LogP contribution in [-0.2, 0) is 0 Å². The van der Waals surface area contributed by atoms with Crippen molar-refractivity contribution in [3.63, 3.8) is 0 Å². The number of nitrogen functional groups attached to an aromatic ring is 1. The first-order valence-electron chi connectivity index (χ1n) is 3.21. The van der Waals surface area contributed by atoms with Crippen LogP contribution in [0.25, 0.3) is 5.65 Å². The lowest BCUT2D eigenvalue weighted by Crippen LogP contribution is -1.96. The second-order valence-electron chi connectivity index (χ2n) is 2.26. The van der Waals surface area contributed by atoms with Crippen molar-refractivity contribution < 1.29 is 0 Å². The molecule has 0 atom stereocenters. The molecule has 2 aromatic heterocycles. The van der Waals surface area contributed by atoms with Crippen molar-refractivity contribution in [2.45, 2.75) is 6.92 Å². The maximum Gasteiger partial charge on any atom is 0.199 e. The van der Waals surface area contributed by atoms with Gasteiger partial charge in [0.1, 0.15) is 0 Å². The second-order valence-corrected chi connectivity index (χ2v) is 2.26. The topological polar surface area (TPSA) is 69.1 Å². The monoisotopic (exact) mass is 149 g/mol. The van der Waals surface area contributed by atoms with Gasteiger partial charge in [-0.05, 0) is 13.0 Å². The van der Waals surface area contributed by atoms with Crippen LogP contribution in [0.3, 0.4) is 0 Å². The molecule has 5 nitrogen and oxygen atoms in total. The first kappa shape index (κ1) is 6.09. The zero-order valence-corrected chi connectivity index (χ0v) is 6.02. The van der Waals surface area contributed by atoms with E-state index in [4.69, 9.17) is 5.73 Å². The van der Waals surface area contributed by atoms with Crippen LogP contribution < -0.4 is 5.73 Å². The fourth-order valence-corrected chi connectivity index (χ4v) is 0.917. The quantitative estimate of drug-likeness (QED) is 0.573. The molecule has 0 radical (unpaired) electrons. The van der Waals surface area contributed by atoms with E-state index in [-0.39, 0.29) is 0 Å². The van der Waals surface area contributed by atoms with Crippen molar-refractivity contribution in [2.75, 3.05) is 5.73 Å². The Kier molecular flexibility index (Phi) is 1.06. The van der Waals surface area contributed by atoms with Gasteiger partial charge in [-0.1, -0.05) is 0 Å². The van der Waals surface area contributed by atoms with E-state index in [0.717, 1.165) is 0 Å². The molecule has 0 amide bonds. The number of hydrogen-bond donors (Lipinski definition) is 1. The fraction of sp³-hybridized carbons (Fsp3) is 0.167. The Balaban J connectivity index is 2.90. The highest BCUT2D eigenvalue weighted by atomic mass is 15.4. The predicted octanol–water partition coefficient (Wildman–Crippen LogP) is 0.0149. The van der Waals surface area contributed by atoms with E-state index in [1.165, 1.54) is 4.63 Å². The number of nitrogens with zero attached hydrogens (tertiary/aromatic N) is 4. The van der Waals surface area contributed by atoms with Gasteiger partial charge in [-0.2, -0.15) is 5.10 Å². The molecule has 2 heterocycles. The third-order valence-electron chi connectivity index (χ3n) is 1.38. The third kappa shape index (κ3) is 0.813. The molecule has 0 fully saturated rings. The standard InChI is InChI=1S/C6H7N5/c1-4-9-6-5(7)2-3-8-11(6)10-4/h2-3H,7H2,1H3. The Morgan fingerprint density at radius 1 is 1.55 bits per heavy atom. The van der Waals surface area contributed by atoms with E-state index < -0.39 is 0 Å². The summed E-state index contributed by atoms with van der Waals surface area (Å²) in [6.07, 6.45) is 1.59. The Labute approximate surface area is 62.9 Å². The van der Waals surface area contributed by atoms with E-state index >= 15 is 0 Å². The van der Waals surface area contributed by atoms with Crippen molar-refractivity contribution in [2.24, 2.45) is 0 Å². The SMILES string of the molecule is Cc1nc2c(N)ccnn2n1. The summed E-state index contributed by atoms with van der Waals surface area (Å²) in [5, 5.41) is 7.91. The van der Waals surface area contributed by atoms with Crippen molar-refractivity contribution in [3.8, 4) is 0 Å². The Morgan fingerprint density at radius 3 is 3.09 bits per heavy atom. The van der Waals surface area contributed by atoms with Crippen LogP contribution in [-0.4, -0.2) is 19.8 Å². The normalized spacial score (nSPS) is 10.6. The third-order valence-corrected chi connectivity index (χ3v) is 1.38. The van der Waals surface area contributed by atoms with Gasteiger partial charge in [0.25, 0.3) is 0 Å². The number of rotatable bonds is 0. The van der Waals surface area contributed by atoms with Gasteiger partial charge in [-0.3, -0.25) is 0 Å². The molecule has 0 aliphatic heterocycles. The van der Waals surface area contributed by atoms with Crippen LogP contribution >= 0.6 is 0 Å². The number of anilines is 1. The Bertz CT molecular complexity index is 391. The first-order chi connectivity index (χ1) is 5.27. The molecule has 2 aromatic rings. The molecule has 0 aliphatic carbocycles. The van der Waals surface area contributed by atoms with E-state index in [0.29, 0.717) is 17.2 Å². The summed E-state index contributed by atoms with van der Waals surface area (Å²) < 4.78 is 1.42. The summed E-state index contributed by atoms with van der Waals surface area (Å²) in [6.45, 7) is 1.80. The molecule has 0 aliphatic rings. The fourth-order valence-electron chi connectivity index (χ4n) is 0.917. The molecular formula is C6H7N5. The average molecular weight is 149 g/mol. The minimum atomic E-state index is 0.598. The number of aryl methyl sites for hydroxylation is 1. The van der Waals surface area contributed by atoms with Gasteiger partial charge in [0, 0.05) is 0 Å². The highest BCUT2D eigenvalue weighted by Gasteiger charge is 2.01. The minimum Gasteiger partial charge on any atom is -0.396 e. The minimum absolute atomic E-state index is 0.598. The molecule has 2 N–H and O–H groups in total. The Hall–Kier alpha value is -1.65. The lowest BCUT2D eigenvalue weighted by Gasteiger charge is -1.91. The molecule has 5 heteroatoms. The van der Waals surface area contributed by atoms with Crippen LogP contribution in [0.15, 0.2) is 12.3 Å². The summed E-state index contributed by atoms with van der Waals surface area (Å²) in [7, 11) is 0. The van der Waals surface area contributed by atoms with Crippen molar-refractivity contribution in [3.05, 3.63) is 18.1 Å². The van der Waals surface area contributed by atoms with Gasteiger partial charge in [-0.15, -0.1) is 9.73 Å². The van der Waals surface area contributed by atoms with Crippen LogP contribution in [0.4, 0.5) is 5.69 Å². The van der Waals surface area contributed by atoms with Gasteiger partial charge in [0.15, 0.2) is 11.5 Å². The average Bonchev–Trinajstić information content (AvgIpc) is 2.31. The van der Waals surface area contributed by atoms with Crippen LogP contribution in [0.5, 0.6) is 0 Å². The number of nitrogens with two attached hydrogens (primary N) is 1. The smallest absolute Gasteiger partial charge is 0.199 e. The summed E-state index contributed by atoms with van der Waals surface area (Å²) >= 11 is 0. The van der Waals surface area contributed by atoms with Crippen LogP contribution in [0, 0.1) is 6.92 Å². The Morgan fingerprint density at radius 2 is 2.36 bits per heavy atom. The molecule has 2 rings (SSSR count). The molecule has 0 unspecified atom stereocenters. The van der Waals surface area contributed by atoms with Crippen molar-refractivity contribution in [1.82, 2.24) is 19.8 Å². The van der Waals surface area contributed by atoms with Gasteiger partial charge >= 0.3 is 0 Å². The molecular weight excluding hydrogens is 142 g/mol. The van der Waals surface area contributed by atoms with Crippen molar-refractivity contribution >= 4 is 11.3 Å². The van der Waals surface area contributed by atoms with Crippen molar-refractivity contribution in [1.29, 1.82) is 0 Å². The van der Waals surface area contributed by atoms with Crippen LogP contribution in [0.1, 0.15) is 5.82 Å². The highest BCUT2D eigenvalue weighted by Crippen LogP contribution is 2.06.